The SMILES string of the molecule is c1ccc(-c2ccc(N(c3ccc4c(c3)C3(c5ccccc5-c5ccccc53)c3ccccc3-4)c3ccc4ccccc4c3-c3ccc4ccccc4c3)c(-c3ccccc3)c2)cc1. The lowest BCUT2D eigenvalue weighted by Crippen LogP contribution is -2.26. The van der Waals surface area contributed by atoms with E-state index in [0.29, 0.717) is 0 Å². The summed E-state index contributed by atoms with van der Waals surface area (Å²) >= 11 is 0. The lowest BCUT2D eigenvalue weighted by atomic mass is 9.70. The normalized spacial score (nSPS) is 12.8. The van der Waals surface area contributed by atoms with Gasteiger partial charge in [0.2, 0.25) is 0 Å². The minimum absolute atomic E-state index is 0.481. The Kier molecular flexibility index (Phi) is 8.20. The van der Waals surface area contributed by atoms with Crippen LogP contribution in [0.1, 0.15) is 22.3 Å². The second kappa shape index (κ2) is 14.4. The van der Waals surface area contributed by atoms with Gasteiger partial charge >= 0.3 is 0 Å². The first kappa shape index (κ1) is 36.4. The molecule has 0 atom stereocenters. The van der Waals surface area contributed by atoms with Gasteiger partial charge in [-0.2, -0.15) is 0 Å². The van der Waals surface area contributed by atoms with E-state index in [1.165, 1.54) is 88.3 Å². The fourth-order valence-electron chi connectivity index (χ4n) is 11.1. The molecule has 2 aliphatic rings. The van der Waals surface area contributed by atoms with Crippen molar-refractivity contribution in [2.45, 2.75) is 5.41 Å². The Morgan fingerprint density at radius 3 is 1.47 bits per heavy atom. The van der Waals surface area contributed by atoms with Crippen LogP contribution in [-0.2, 0) is 5.41 Å². The second-order valence-electron chi connectivity index (χ2n) is 17.2. The van der Waals surface area contributed by atoms with E-state index in [-0.39, 0.29) is 0 Å². The molecule has 2 aliphatic carbocycles. The maximum atomic E-state index is 2.55. The Hall–Kier alpha value is -8.26. The van der Waals surface area contributed by atoms with Gasteiger partial charge in [0.25, 0.3) is 0 Å². The molecular formula is C63H41N. The molecule has 11 aromatic carbocycles. The Labute approximate surface area is 373 Å². The maximum absolute atomic E-state index is 2.55. The number of hydrogen-bond donors (Lipinski definition) is 0. The predicted octanol–water partition coefficient (Wildman–Crippen LogP) is 16.8. The summed E-state index contributed by atoms with van der Waals surface area (Å²) in [4.78, 5) is 2.55. The van der Waals surface area contributed by atoms with Crippen LogP contribution in [0.4, 0.5) is 17.1 Å². The highest BCUT2D eigenvalue weighted by Crippen LogP contribution is 2.63. The van der Waals surface area contributed by atoms with Gasteiger partial charge in [-0.05, 0) is 125 Å². The van der Waals surface area contributed by atoms with Gasteiger partial charge < -0.3 is 4.90 Å². The minimum atomic E-state index is -0.481. The van der Waals surface area contributed by atoms with Gasteiger partial charge in [-0.25, -0.2) is 0 Å². The summed E-state index contributed by atoms with van der Waals surface area (Å²) in [6.45, 7) is 0. The van der Waals surface area contributed by atoms with Gasteiger partial charge in [0.15, 0.2) is 0 Å². The first-order chi connectivity index (χ1) is 31.8. The van der Waals surface area contributed by atoms with Crippen molar-refractivity contribution >= 4 is 38.6 Å². The smallest absolute Gasteiger partial charge is 0.0726 e. The molecule has 298 valence electrons. The Bertz CT molecular complexity index is 3560. The number of fused-ring (bicyclic) bond motifs is 12. The van der Waals surface area contributed by atoms with Crippen molar-refractivity contribution in [2.24, 2.45) is 0 Å². The number of rotatable bonds is 6. The maximum Gasteiger partial charge on any atom is 0.0726 e. The van der Waals surface area contributed by atoms with Crippen LogP contribution >= 0.6 is 0 Å². The Morgan fingerprint density at radius 1 is 0.266 bits per heavy atom. The molecule has 0 saturated carbocycles. The summed E-state index contributed by atoms with van der Waals surface area (Å²) in [5.74, 6) is 0. The quantitative estimate of drug-likeness (QED) is 0.162. The highest BCUT2D eigenvalue weighted by atomic mass is 15.1. The summed E-state index contributed by atoms with van der Waals surface area (Å²) in [7, 11) is 0. The highest BCUT2D eigenvalue weighted by molar-refractivity contribution is 6.08. The van der Waals surface area contributed by atoms with Gasteiger partial charge in [0.1, 0.15) is 0 Å². The lowest BCUT2D eigenvalue weighted by Gasteiger charge is -2.34. The molecule has 1 spiro atoms. The van der Waals surface area contributed by atoms with Crippen LogP contribution in [-0.4, -0.2) is 0 Å². The fourth-order valence-corrected chi connectivity index (χ4v) is 11.1. The van der Waals surface area contributed by atoms with Crippen LogP contribution in [0, 0.1) is 0 Å². The highest BCUT2D eigenvalue weighted by Gasteiger charge is 2.51. The van der Waals surface area contributed by atoms with E-state index < -0.39 is 5.41 Å². The van der Waals surface area contributed by atoms with E-state index in [4.69, 9.17) is 0 Å². The molecule has 1 heteroatoms. The first-order valence-electron chi connectivity index (χ1n) is 22.3. The van der Waals surface area contributed by atoms with Crippen LogP contribution in [0.2, 0.25) is 0 Å². The van der Waals surface area contributed by atoms with E-state index in [1.807, 2.05) is 0 Å². The third-order valence-electron chi connectivity index (χ3n) is 13.9. The third-order valence-corrected chi connectivity index (χ3v) is 13.9. The molecule has 0 amide bonds. The summed E-state index contributed by atoms with van der Waals surface area (Å²) < 4.78 is 0. The van der Waals surface area contributed by atoms with Crippen LogP contribution < -0.4 is 4.90 Å². The van der Waals surface area contributed by atoms with Crippen LogP contribution in [0.3, 0.4) is 0 Å². The largest absolute Gasteiger partial charge is 0.309 e. The molecule has 0 bridgehead atoms. The molecule has 0 heterocycles. The molecule has 0 saturated heterocycles. The van der Waals surface area contributed by atoms with Crippen molar-refractivity contribution in [3.63, 3.8) is 0 Å². The summed E-state index contributed by atoms with van der Waals surface area (Å²) in [5.41, 5.74) is 20.4. The molecule has 0 aliphatic heterocycles. The predicted molar refractivity (Wildman–Crippen MR) is 269 cm³/mol. The van der Waals surface area contributed by atoms with Gasteiger partial charge in [-0.3, -0.25) is 0 Å². The average Bonchev–Trinajstić information content (AvgIpc) is 3.84. The van der Waals surface area contributed by atoms with E-state index >= 15 is 0 Å². The molecule has 0 aromatic heterocycles. The Balaban J connectivity index is 1.14. The number of benzene rings is 11. The zero-order valence-electron chi connectivity index (χ0n) is 35.1. The van der Waals surface area contributed by atoms with Gasteiger partial charge in [-0.15, -0.1) is 0 Å². The van der Waals surface area contributed by atoms with Crippen molar-refractivity contribution in [3.8, 4) is 55.6 Å². The van der Waals surface area contributed by atoms with Crippen molar-refractivity contribution in [1.29, 1.82) is 0 Å². The number of nitrogens with zero attached hydrogens (tertiary/aromatic N) is 1. The number of hydrogen-bond acceptors (Lipinski definition) is 1. The minimum Gasteiger partial charge on any atom is -0.309 e. The lowest BCUT2D eigenvalue weighted by molar-refractivity contribution is 0.793. The standard InChI is InChI=1S/C63H41N/c1-3-17-42(18-4-1)47-34-37-60(55(40-47)44-20-5-2-6-21-44)64(61-38-33-45-22-9-10-24-50(45)62(61)48-32-31-43-19-7-8-23-46(43)39-48)49-35-36-54-53-27-13-16-30-58(53)63(59(54)41-49)56-28-14-11-25-51(56)52-26-12-15-29-57(52)63/h1-41H. The van der Waals surface area contributed by atoms with Crippen molar-refractivity contribution < 1.29 is 0 Å². The summed E-state index contributed by atoms with van der Waals surface area (Å²) in [6.07, 6.45) is 0. The monoisotopic (exact) mass is 811 g/mol. The summed E-state index contributed by atoms with van der Waals surface area (Å²) in [5, 5.41) is 4.87. The fraction of sp³-hybridized carbons (Fsp3) is 0.0159. The van der Waals surface area contributed by atoms with E-state index in [9.17, 15) is 0 Å². The molecule has 64 heavy (non-hydrogen) atoms. The molecule has 1 nitrogen and oxygen atoms in total. The van der Waals surface area contributed by atoms with Crippen LogP contribution in [0.5, 0.6) is 0 Å². The topological polar surface area (TPSA) is 3.24 Å². The zero-order valence-corrected chi connectivity index (χ0v) is 35.1. The molecule has 0 unspecified atom stereocenters. The van der Waals surface area contributed by atoms with Crippen LogP contribution in [0.25, 0.3) is 77.2 Å². The molecular weight excluding hydrogens is 771 g/mol. The van der Waals surface area contributed by atoms with Gasteiger partial charge in [-0.1, -0.05) is 212 Å². The molecule has 13 rings (SSSR count). The van der Waals surface area contributed by atoms with Crippen molar-refractivity contribution in [3.05, 3.63) is 271 Å². The average molecular weight is 812 g/mol. The van der Waals surface area contributed by atoms with Gasteiger partial charge in [0.05, 0.1) is 16.8 Å². The molecule has 0 fully saturated rings. The summed E-state index contributed by atoms with van der Waals surface area (Å²) in [6, 6.07) is 92.4. The molecule has 0 radical (unpaired) electrons. The second-order valence-corrected chi connectivity index (χ2v) is 17.2. The Morgan fingerprint density at radius 2 is 0.781 bits per heavy atom. The molecule has 0 N–H and O–H groups in total. The van der Waals surface area contributed by atoms with Crippen molar-refractivity contribution in [2.75, 3.05) is 4.90 Å². The van der Waals surface area contributed by atoms with E-state index in [2.05, 4.69) is 254 Å². The van der Waals surface area contributed by atoms with Gasteiger partial charge in [0, 0.05) is 16.8 Å². The molecule has 11 aromatic rings. The third kappa shape index (κ3) is 5.38. The van der Waals surface area contributed by atoms with E-state index in [0.717, 1.165) is 28.2 Å². The van der Waals surface area contributed by atoms with Crippen molar-refractivity contribution in [1.82, 2.24) is 0 Å². The first-order valence-corrected chi connectivity index (χ1v) is 22.3. The van der Waals surface area contributed by atoms with E-state index in [1.54, 1.807) is 0 Å². The number of anilines is 3. The van der Waals surface area contributed by atoms with Crippen LogP contribution in [0.15, 0.2) is 249 Å². The zero-order chi connectivity index (χ0) is 42.2.